The number of hydrogen-bond acceptors (Lipinski definition) is 6. The van der Waals surface area contributed by atoms with E-state index in [0.717, 1.165) is 63.4 Å². The van der Waals surface area contributed by atoms with Gasteiger partial charge in [0.25, 0.3) is 0 Å². The van der Waals surface area contributed by atoms with Gasteiger partial charge in [-0.3, -0.25) is 4.90 Å². The van der Waals surface area contributed by atoms with Crippen molar-refractivity contribution in [2.24, 2.45) is 12.0 Å². The van der Waals surface area contributed by atoms with Crippen molar-refractivity contribution in [3.05, 3.63) is 47.0 Å². The van der Waals surface area contributed by atoms with E-state index in [4.69, 9.17) is 14.5 Å². The first-order valence-corrected chi connectivity index (χ1v) is 10.9. The van der Waals surface area contributed by atoms with Crippen LogP contribution in [-0.2, 0) is 36.2 Å². The van der Waals surface area contributed by atoms with Gasteiger partial charge in [0.05, 0.1) is 26.3 Å². The molecule has 2 N–H and O–H groups in total. The van der Waals surface area contributed by atoms with Crippen molar-refractivity contribution < 1.29 is 9.47 Å². The molecule has 2 heterocycles. The highest BCUT2D eigenvalue weighted by molar-refractivity contribution is 14.0. The number of benzene rings is 1. The molecule has 0 unspecified atom stereocenters. The number of aryl methyl sites for hydroxylation is 1. The minimum Gasteiger partial charge on any atom is -0.385 e. The maximum absolute atomic E-state index is 5.47. The molecule has 178 valence electrons. The van der Waals surface area contributed by atoms with Crippen molar-refractivity contribution in [3.8, 4) is 0 Å². The summed E-state index contributed by atoms with van der Waals surface area (Å²) in [6, 6.07) is 8.53. The molecule has 0 amide bonds. The van der Waals surface area contributed by atoms with Crippen molar-refractivity contribution in [1.82, 2.24) is 30.3 Å². The largest absolute Gasteiger partial charge is 0.385 e. The number of aromatic nitrogens is 3. The first kappa shape index (κ1) is 26.5. The molecule has 3 rings (SSSR count). The van der Waals surface area contributed by atoms with Crippen LogP contribution >= 0.6 is 24.0 Å². The predicted octanol–water partition coefficient (Wildman–Crippen LogP) is 1.85. The molecule has 1 aromatic heterocycles. The van der Waals surface area contributed by atoms with Crippen molar-refractivity contribution in [1.29, 1.82) is 0 Å². The fraction of sp³-hybridized carbons (Fsp3) is 0.591. The van der Waals surface area contributed by atoms with Crippen molar-refractivity contribution >= 4 is 29.9 Å². The molecule has 1 aliphatic heterocycles. The molecule has 0 atom stereocenters. The second kappa shape index (κ2) is 14.4. The van der Waals surface area contributed by atoms with Crippen LogP contribution in [0.4, 0.5) is 0 Å². The van der Waals surface area contributed by atoms with Crippen LogP contribution in [0.2, 0.25) is 0 Å². The average Bonchev–Trinajstić information content (AvgIpc) is 3.12. The monoisotopic (exact) mass is 557 g/mol. The molecular weight excluding hydrogens is 521 g/mol. The van der Waals surface area contributed by atoms with Gasteiger partial charge in [-0.25, -0.2) is 4.99 Å². The molecule has 0 bridgehead atoms. The quantitative estimate of drug-likeness (QED) is 0.200. The second-order valence-corrected chi connectivity index (χ2v) is 7.67. The van der Waals surface area contributed by atoms with Crippen LogP contribution in [0, 0.1) is 6.92 Å². The number of aliphatic imine (C=N–C) groups is 1. The van der Waals surface area contributed by atoms with Gasteiger partial charge in [-0.15, -0.1) is 34.2 Å². The SMILES string of the molecule is COCCCNC(=NCc1ccccc1CN1CCOCC1)NCc1nnc(C)n1C.I. The van der Waals surface area contributed by atoms with Gasteiger partial charge in [0.1, 0.15) is 5.82 Å². The molecule has 0 aliphatic carbocycles. The zero-order valence-corrected chi connectivity index (χ0v) is 21.7. The minimum absolute atomic E-state index is 0. The van der Waals surface area contributed by atoms with Gasteiger partial charge in [-0.05, 0) is 24.5 Å². The minimum atomic E-state index is 0. The number of guanidine groups is 1. The van der Waals surface area contributed by atoms with Gasteiger partial charge in [0.2, 0.25) is 0 Å². The molecule has 1 fully saturated rings. The molecule has 1 saturated heterocycles. The summed E-state index contributed by atoms with van der Waals surface area (Å²) in [6.45, 7) is 9.10. The lowest BCUT2D eigenvalue weighted by molar-refractivity contribution is 0.0341. The number of methoxy groups -OCH3 is 1. The number of rotatable bonds is 10. The van der Waals surface area contributed by atoms with Gasteiger partial charge >= 0.3 is 0 Å². The van der Waals surface area contributed by atoms with Crippen LogP contribution in [0.5, 0.6) is 0 Å². The zero-order valence-electron chi connectivity index (χ0n) is 19.3. The molecule has 9 nitrogen and oxygen atoms in total. The Morgan fingerprint density at radius 2 is 1.91 bits per heavy atom. The summed E-state index contributed by atoms with van der Waals surface area (Å²) in [4.78, 5) is 7.28. The fourth-order valence-corrected chi connectivity index (χ4v) is 3.40. The van der Waals surface area contributed by atoms with E-state index >= 15 is 0 Å². The Morgan fingerprint density at radius 1 is 1.16 bits per heavy atom. The lowest BCUT2D eigenvalue weighted by atomic mass is 10.1. The Morgan fingerprint density at radius 3 is 2.59 bits per heavy atom. The van der Waals surface area contributed by atoms with E-state index in [2.05, 4.69) is 50.0 Å². The molecule has 10 heteroatoms. The number of hydrogen-bond donors (Lipinski definition) is 2. The van der Waals surface area contributed by atoms with Crippen LogP contribution in [0.25, 0.3) is 0 Å². The molecule has 0 radical (unpaired) electrons. The van der Waals surface area contributed by atoms with E-state index in [1.165, 1.54) is 11.1 Å². The molecular formula is C22H36IN7O2. The lowest BCUT2D eigenvalue weighted by Gasteiger charge is -2.27. The van der Waals surface area contributed by atoms with Crippen LogP contribution < -0.4 is 10.6 Å². The van der Waals surface area contributed by atoms with Gasteiger partial charge < -0.3 is 24.7 Å². The standard InChI is InChI=1S/C22H35N7O2.HI/c1-18-26-27-21(28(18)2)16-25-22(23-9-6-12-30-3)24-15-19-7-4-5-8-20(19)17-29-10-13-31-14-11-29;/h4-5,7-8H,6,9-17H2,1-3H3,(H2,23,24,25);1H. The van der Waals surface area contributed by atoms with Crippen LogP contribution in [-0.4, -0.2) is 72.2 Å². The summed E-state index contributed by atoms with van der Waals surface area (Å²) in [5.41, 5.74) is 2.55. The molecule has 0 spiro atoms. The van der Waals surface area contributed by atoms with Crippen molar-refractivity contribution in [2.45, 2.75) is 33.0 Å². The number of ether oxygens (including phenoxy) is 2. The fourth-order valence-electron chi connectivity index (χ4n) is 3.40. The number of nitrogens with zero attached hydrogens (tertiary/aromatic N) is 5. The summed E-state index contributed by atoms with van der Waals surface area (Å²) in [6.07, 6.45) is 0.911. The maximum atomic E-state index is 5.47. The van der Waals surface area contributed by atoms with E-state index < -0.39 is 0 Å². The molecule has 2 aromatic rings. The summed E-state index contributed by atoms with van der Waals surface area (Å²) in [7, 11) is 3.69. The van der Waals surface area contributed by atoms with E-state index in [0.29, 0.717) is 19.7 Å². The van der Waals surface area contributed by atoms with Crippen LogP contribution in [0.3, 0.4) is 0 Å². The van der Waals surface area contributed by atoms with Crippen LogP contribution in [0.15, 0.2) is 29.3 Å². The summed E-state index contributed by atoms with van der Waals surface area (Å²) in [5.74, 6) is 2.52. The smallest absolute Gasteiger partial charge is 0.191 e. The average molecular weight is 557 g/mol. The topological polar surface area (TPSA) is 88.8 Å². The first-order chi connectivity index (χ1) is 15.2. The normalized spacial score (nSPS) is 14.8. The van der Waals surface area contributed by atoms with Gasteiger partial charge in [0.15, 0.2) is 11.8 Å². The second-order valence-electron chi connectivity index (χ2n) is 7.67. The summed E-state index contributed by atoms with van der Waals surface area (Å²) in [5, 5.41) is 15.1. The predicted molar refractivity (Wildman–Crippen MR) is 136 cm³/mol. The molecule has 1 aromatic carbocycles. The number of morpholine rings is 1. The lowest BCUT2D eigenvalue weighted by Crippen LogP contribution is -2.38. The third kappa shape index (κ3) is 8.30. The highest BCUT2D eigenvalue weighted by Gasteiger charge is 2.13. The van der Waals surface area contributed by atoms with E-state index in [1.54, 1.807) is 7.11 Å². The third-order valence-corrected chi connectivity index (χ3v) is 5.44. The summed E-state index contributed by atoms with van der Waals surface area (Å²) < 4.78 is 12.6. The van der Waals surface area contributed by atoms with Gasteiger partial charge in [-0.1, -0.05) is 24.3 Å². The summed E-state index contributed by atoms with van der Waals surface area (Å²) >= 11 is 0. The molecule has 0 saturated carbocycles. The van der Waals surface area contributed by atoms with Crippen molar-refractivity contribution in [3.63, 3.8) is 0 Å². The molecule has 32 heavy (non-hydrogen) atoms. The zero-order chi connectivity index (χ0) is 21.9. The first-order valence-electron chi connectivity index (χ1n) is 10.9. The Labute approximate surface area is 208 Å². The van der Waals surface area contributed by atoms with Crippen LogP contribution in [0.1, 0.15) is 29.2 Å². The van der Waals surface area contributed by atoms with Crippen molar-refractivity contribution in [2.75, 3.05) is 46.6 Å². The highest BCUT2D eigenvalue weighted by Crippen LogP contribution is 2.14. The van der Waals surface area contributed by atoms with E-state index in [-0.39, 0.29) is 24.0 Å². The Kier molecular flexibility index (Phi) is 11.9. The van der Waals surface area contributed by atoms with E-state index in [1.807, 2.05) is 18.5 Å². The number of halogens is 1. The Bertz CT molecular complexity index is 837. The maximum Gasteiger partial charge on any atom is 0.191 e. The van der Waals surface area contributed by atoms with E-state index in [9.17, 15) is 0 Å². The highest BCUT2D eigenvalue weighted by atomic mass is 127. The molecule has 1 aliphatic rings. The Balaban J connectivity index is 0.00000363. The third-order valence-electron chi connectivity index (χ3n) is 5.44. The number of nitrogens with one attached hydrogen (secondary N) is 2. The van der Waals surface area contributed by atoms with Gasteiger partial charge in [-0.2, -0.15) is 0 Å². The Hall–Kier alpha value is -1.76. The van der Waals surface area contributed by atoms with Gasteiger partial charge in [0, 0.05) is 46.9 Å².